The molecular weight excluding hydrogens is 326 g/mol. The summed E-state index contributed by atoms with van der Waals surface area (Å²) in [6, 6.07) is 2.07. The van der Waals surface area contributed by atoms with Crippen LogP contribution in [0, 0.1) is 3.57 Å². The molecule has 1 aliphatic heterocycles. The van der Waals surface area contributed by atoms with Gasteiger partial charge < -0.3 is 10.4 Å². The van der Waals surface area contributed by atoms with Crippen LogP contribution in [-0.4, -0.2) is 22.7 Å². The molecule has 1 fully saturated rings. The van der Waals surface area contributed by atoms with Crippen molar-refractivity contribution in [1.29, 1.82) is 0 Å². The van der Waals surface area contributed by atoms with Crippen molar-refractivity contribution >= 4 is 34.2 Å². The number of aliphatic hydroxyl groups excluding tert-OH is 1. The van der Waals surface area contributed by atoms with Crippen molar-refractivity contribution in [3.63, 3.8) is 0 Å². The highest BCUT2D eigenvalue weighted by molar-refractivity contribution is 14.1. The number of aliphatic hydroxyl groups is 1. The molecule has 0 radical (unpaired) electrons. The summed E-state index contributed by atoms with van der Waals surface area (Å²) >= 11 is 8.11. The molecule has 0 spiro atoms. The average molecular weight is 339 g/mol. The first-order valence-electron chi connectivity index (χ1n) is 4.89. The Hall–Kier alpha value is 0.0900. The Morgan fingerprint density at radius 2 is 2.40 bits per heavy atom. The standard InChI is InChI=1S/C10H12ClIN2O/c11-10-4-7(8(12)5-14-10)9-3-6(15)1-2-13-9/h4-6,9,13,15H,1-3H2. The zero-order valence-electron chi connectivity index (χ0n) is 8.08. The first-order valence-corrected chi connectivity index (χ1v) is 6.35. The van der Waals surface area contributed by atoms with E-state index in [1.54, 1.807) is 6.20 Å². The van der Waals surface area contributed by atoms with Crippen LogP contribution in [0.4, 0.5) is 0 Å². The van der Waals surface area contributed by atoms with E-state index >= 15 is 0 Å². The maximum absolute atomic E-state index is 9.61. The Morgan fingerprint density at radius 3 is 3.13 bits per heavy atom. The molecular formula is C10H12ClIN2O. The molecule has 2 N–H and O–H groups in total. The minimum absolute atomic E-state index is 0.196. The summed E-state index contributed by atoms with van der Waals surface area (Å²) in [6.45, 7) is 0.849. The van der Waals surface area contributed by atoms with Gasteiger partial charge in [0, 0.05) is 15.8 Å². The third kappa shape index (κ3) is 2.81. The van der Waals surface area contributed by atoms with Gasteiger partial charge in [-0.25, -0.2) is 4.98 Å². The molecule has 5 heteroatoms. The minimum atomic E-state index is -0.209. The van der Waals surface area contributed by atoms with Crippen LogP contribution < -0.4 is 5.32 Å². The third-order valence-electron chi connectivity index (χ3n) is 2.60. The molecule has 2 heterocycles. The van der Waals surface area contributed by atoms with Crippen molar-refractivity contribution in [2.45, 2.75) is 25.0 Å². The molecule has 0 saturated carbocycles. The Morgan fingerprint density at radius 1 is 1.60 bits per heavy atom. The maximum atomic E-state index is 9.61. The summed E-state index contributed by atoms with van der Waals surface area (Å²) in [6.07, 6.45) is 3.13. The van der Waals surface area contributed by atoms with Crippen LogP contribution in [0.1, 0.15) is 24.4 Å². The van der Waals surface area contributed by atoms with Gasteiger partial charge in [-0.15, -0.1) is 0 Å². The SMILES string of the molecule is OC1CCNC(c2cc(Cl)ncc2I)C1. The molecule has 1 saturated heterocycles. The highest BCUT2D eigenvalue weighted by atomic mass is 127. The molecule has 3 nitrogen and oxygen atoms in total. The normalized spacial score (nSPS) is 26.6. The number of nitrogens with zero attached hydrogens (tertiary/aromatic N) is 1. The Balaban J connectivity index is 2.24. The van der Waals surface area contributed by atoms with Crippen molar-refractivity contribution in [1.82, 2.24) is 10.3 Å². The van der Waals surface area contributed by atoms with Crippen LogP contribution in [0.5, 0.6) is 0 Å². The molecule has 0 amide bonds. The summed E-state index contributed by atoms with van der Waals surface area (Å²) in [5.74, 6) is 0. The molecule has 1 aromatic heterocycles. The molecule has 2 unspecified atom stereocenters. The number of pyridine rings is 1. The van der Waals surface area contributed by atoms with Crippen LogP contribution in [0.25, 0.3) is 0 Å². The smallest absolute Gasteiger partial charge is 0.129 e. The van der Waals surface area contributed by atoms with Crippen molar-refractivity contribution in [3.05, 3.63) is 26.5 Å². The van der Waals surface area contributed by atoms with Gasteiger partial charge in [0.2, 0.25) is 0 Å². The van der Waals surface area contributed by atoms with E-state index < -0.39 is 0 Å². The average Bonchev–Trinajstić information content (AvgIpc) is 2.22. The zero-order valence-corrected chi connectivity index (χ0v) is 11.0. The molecule has 0 bridgehead atoms. The molecule has 0 aromatic carbocycles. The van der Waals surface area contributed by atoms with E-state index in [2.05, 4.69) is 32.9 Å². The van der Waals surface area contributed by atoms with Crippen molar-refractivity contribution in [3.8, 4) is 0 Å². The number of nitrogens with one attached hydrogen (secondary N) is 1. The number of rotatable bonds is 1. The van der Waals surface area contributed by atoms with Crippen LogP contribution in [0.15, 0.2) is 12.3 Å². The fraction of sp³-hybridized carbons (Fsp3) is 0.500. The molecule has 2 atom stereocenters. The highest BCUT2D eigenvalue weighted by Gasteiger charge is 2.22. The summed E-state index contributed by atoms with van der Waals surface area (Å²) < 4.78 is 1.09. The lowest BCUT2D eigenvalue weighted by molar-refractivity contribution is 0.116. The minimum Gasteiger partial charge on any atom is -0.393 e. The predicted molar refractivity (Wildman–Crippen MR) is 67.9 cm³/mol. The Kier molecular flexibility index (Phi) is 3.82. The van der Waals surface area contributed by atoms with Gasteiger partial charge in [-0.1, -0.05) is 11.6 Å². The fourth-order valence-corrected chi connectivity index (χ4v) is 2.67. The largest absolute Gasteiger partial charge is 0.393 e. The molecule has 2 rings (SSSR count). The van der Waals surface area contributed by atoms with E-state index in [1.165, 1.54) is 0 Å². The monoisotopic (exact) mass is 338 g/mol. The summed E-state index contributed by atoms with van der Waals surface area (Å²) in [7, 11) is 0. The van der Waals surface area contributed by atoms with E-state index in [9.17, 15) is 5.11 Å². The molecule has 1 aliphatic rings. The van der Waals surface area contributed by atoms with Gasteiger partial charge in [0.05, 0.1) is 6.10 Å². The number of hydrogen-bond donors (Lipinski definition) is 2. The van der Waals surface area contributed by atoms with Crippen LogP contribution in [-0.2, 0) is 0 Å². The first-order chi connectivity index (χ1) is 7.16. The van der Waals surface area contributed by atoms with Crippen molar-refractivity contribution in [2.24, 2.45) is 0 Å². The second kappa shape index (κ2) is 4.95. The molecule has 82 valence electrons. The molecule has 0 aliphatic carbocycles. The summed E-state index contributed by atoms with van der Waals surface area (Å²) in [4.78, 5) is 4.02. The van der Waals surface area contributed by atoms with E-state index in [1.807, 2.05) is 6.07 Å². The second-order valence-electron chi connectivity index (χ2n) is 3.71. The van der Waals surface area contributed by atoms with Gasteiger partial charge in [-0.2, -0.15) is 0 Å². The summed E-state index contributed by atoms with van der Waals surface area (Å²) in [5, 5.41) is 13.5. The van der Waals surface area contributed by atoms with Gasteiger partial charge in [-0.05, 0) is 53.6 Å². The maximum Gasteiger partial charge on any atom is 0.129 e. The first kappa shape index (κ1) is 11.6. The van der Waals surface area contributed by atoms with Crippen LogP contribution in [0.3, 0.4) is 0 Å². The lowest BCUT2D eigenvalue weighted by Crippen LogP contribution is -2.34. The molecule has 1 aromatic rings. The number of halogens is 2. The lowest BCUT2D eigenvalue weighted by Gasteiger charge is -2.28. The van der Waals surface area contributed by atoms with E-state index in [0.29, 0.717) is 5.15 Å². The topological polar surface area (TPSA) is 45.1 Å². The lowest BCUT2D eigenvalue weighted by atomic mass is 9.96. The summed E-state index contributed by atoms with van der Waals surface area (Å²) in [5.41, 5.74) is 1.13. The van der Waals surface area contributed by atoms with Gasteiger partial charge in [0.25, 0.3) is 0 Å². The molecule has 15 heavy (non-hydrogen) atoms. The quantitative estimate of drug-likeness (QED) is 0.609. The van der Waals surface area contributed by atoms with Gasteiger partial charge in [0.1, 0.15) is 5.15 Å². The van der Waals surface area contributed by atoms with Crippen LogP contribution in [0.2, 0.25) is 5.15 Å². The van der Waals surface area contributed by atoms with Crippen LogP contribution >= 0.6 is 34.2 Å². The van der Waals surface area contributed by atoms with Gasteiger partial charge in [0.15, 0.2) is 0 Å². The third-order valence-corrected chi connectivity index (χ3v) is 3.71. The van der Waals surface area contributed by atoms with E-state index in [0.717, 1.165) is 28.5 Å². The number of piperidine rings is 1. The predicted octanol–water partition coefficient (Wildman–Crippen LogP) is 2.12. The second-order valence-corrected chi connectivity index (χ2v) is 5.26. The van der Waals surface area contributed by atoms with Gasteiger partial charge >= 0.3 is 0 Å². The van der Waals surface area contributed by atoms with Crippen molar-refractivity contribution < 1.29 is 5.11 Å². The Labute approximate surface area is 107 Å². The fourth-order valence-electron chi connectivity index (χ4n) is 1.83. The zero-order chi connectivity index (χ0) is 10.8. The van der Waals surface area contributed by atoms with Crippen molar-refractivity contribution in [2.75, 3.05) is 6.54 Å². The number of aromatic nitrogens is 1. The highest BCUT2D eigenvalue weighted by Crippen LogP contribution is 2.28. The Bertz CT molecular complexity index is 361. The van der Waals surface area contributed by atoms with E-state index in [-0.39, 0.29) is 12.1 Å². The van der Waals surface area contributed by atoms with E-state index in [4.69, 9.17) is 11.6 Å². The number of hydrogen-bond acceptors (Lipinski definition) is 3. The van der Waals surface area contributed by atoms with Gasteiger partial charge in [-0.3, -0.25) is 0 Å².